The number of benzene rings is 2. The Morgan fingerprint density at radius 2 is 1.50 bits per heavy atom. The Hall–Kier alpha value is -1.94. The summed E-state index contributed by atoms with van der Waals surface area (Å²) < 4.78 is 16.7. The molecule has 0 aromatic heterocycles. The summed E-state index contributed by atoms with van der Waals surface area (Å²) in [5.41, 5.74) is 2.52. The van der Waals surface area contributed by atoms with E-state index in [1.807, 2.05) is 42.5 Å². The van der Waals surface area contributed by atoms with E-state index in [0.29, 0.717) is 17.1 Å². The fourth-order valence-corrected chi connectivity index (χ4v) is 3.08. The van der Waals surface area contributed by atoms with Crippen LogP contribution in [0, 0.1) is 0 Å². The minimum absolute atomic E-state index is 0.359. The van der Waals surface area contributed by atoms with Gasteiger partial charge in [0.05, 0.1) is 12.7 Å². The number of hydrogen-bond donors (Lipinski definition) is 0. The second-order valence-corrected chi connectivity index (χ2v) is 5.86. The smallest absolute Gasteiger partial charge is 0.337 e. The van der Waals surface area contributed by atoms with E-state index >= 15 is 0 Å². The van der Waals surface area contributed by atoms with Crippen molar-refractivity contribution in [3.8, 4) is 0 Å². The molecule has 0 amide bonds. The molecule has 3 nitrogen and oxygen atoms in total. The van der Waals surface area contributed by atoms with Crippen molar-refractivity contribution >= 4 is 16.8 Å². The van der Waals surface area contributed by atoms with Gasteiger partial charge < -0.3 is 4.74 Å². The molecule has 0 bridgehead atoms. The van der Waals surface area contributed by atoms with Crippen LogP contribution >= 0.6 is 0 Å². The van der Waals surface area contributed by atoms with Crippen molar-refractivity contribution in [2.75, 3.05) is 7.11 Å². The third-order valence-corrected chi connectivity index (χ3v) is 4.18. The minimum atomic E-state index is -0.957. The van der Waals surface area contributed by atoms with E-state index < -0.39 is 10.8 Å². The van der Waals surface area contributed by atoms with Gasteiger partial charge in [0.15, 0.2) is 0 Å². The van der Waals surface area contributed by atoms with Crippen molar-refractivity contribution in [3.63, 3.8) is 0 Å². The van der Waals surface area contributed by atoms with Crippen molar-refractivity contribution in [1.29, 1.82) is 0 Å². The van der Waals surface area contributed by atoms with Crippen molar-refractivity contribution in [2.45, 2.75) is 11.5 Å². The molecule has 2 aromatic rings. The molecular weight excluding hydrogens is 272 g/mol. The highest BCUT2D eigenvalue weighted by Crippen LogP contribution is 2.11. The molecule has 0 N–H and O–H groups in total. The zero-order chi connectivity index (χ0) is 14.4. The SMILES string of the molecule is COC(=O)c1ccc(CS(=O)Cc2ccccc2)cc1. The van der Waals surface area contributed by atoms with Crippen LogP contribution in [0.15, 0.2) is 54.6 Å². The van der Waals surface area contributed by atoms with E-state index in [9.17, 15) is 9.00 Å². The molecule has 0 saturated heterocycles. The van der Waals surface area contributed by atoms with Gasteiger partial charge in [0, 0.05) is 22.3 Å². The average molecular weight is 288 g/mol. The molecule has 104 valence electrons. The molecule has 0 aliphatic rings. The predicted octanol–water partition coefficient (Wildman–Crippen LogP) is 2.92. The van der Waals surface area contributed by atoms with Crippen molar-refractivity contribution < 1.29 is 13.7 Å². The van der Waals surface area contributed by atoms with E-state index in [-0.39, 0.29) is 5.97 Å². The molecule has 4 heteroatoms. The van der Waals surface area contributed by atoms with Crippen LogP contribution in [-0.2, 0) is 27.0 Å². The first-order valence-corrected chi connectivity index (χ1v) is 7.74. The first kappa shape index (κ1) is 14.5. The molecule has 20 heavy (non-hydrogen) atoms. The van der Waals surface area contributed by atoms with Crippen LogP contribution in [0.2, 0.25) is 0 Å². The average Bonchev–Trinajstić information content (AvgIpc) is 2.48. The van der Waals surface area contributed by atoms with Crippen molar-refractivity contribution in [1.82, 2.24) is 0 Å². The quantitative estimate of drug-likeness (QED) is 0.795. The Kier molecular flexibility index (Phi) is 5.07. The van der Waals surface area contributed by atoms with Gasteiger partial charge >= 0.3 is 5.97 Å². The van der Waals surface area contributed by atoms with Gasteiger partial charge in [0.1, 0.15) is 0 Å². The Morgan fingerprint density at radius 3 is 2.05 bits per heavy atom. The molecule has 1 unspecified atom stereocenters. The highest BCUT2D eigenvalue weighted by molar-refractivity contribution is 7.83. The lowest BCUT2D eigenvalue weighted by Crippen LogP contribution is -2.02. The van der Waals surface area contributed by atoms with Crippen molar-refractivity contribution in [2.24, 2.45) is 0 Å². The van der Waals surface area contributed by atoms with Gasteiger partial charge in [-0.1, -0.05) is 42.5 Å². The molecule has 2 rings (SSSR count). The Labute approximate surface area is 121 Å². The number of ether oxygens (including phenoxy) is 1. The normalized spacial score (nSPS) is 11.8. The Morgan fingerprint density at radius 1 is 0.950 bits per heavy atom. The summed E-state index contributed by atoms with van der Waals surface area (Å²) in [5, 5.41) is 0. The maximum atomic E-state index is 12.1. The fourth-order valence-electron chi connectivity index (χ4n) is 1.85. The number of carbonyl (C=O) groups excluding carboxylic acids is 1. The molecule has 2 aromatic carbocycles. The fraction of sp³-hybridized carbons (Fsp3) is 0.188. The summed E-state index contributed by atoms with van der Waals surface area (Å²) in [4.78, 5) is 11.3. The lowest BCUT2D eigenvalue weighted by atomic mass is 10.1. The minimum Gasteiger partial charge on any atom is -0.465 e. The Balaban J connectivity index is 1.96. The van der Waals surface area contributed by atoms with E-state index in [4.69, 9.17) is 0 Å². The first-order chi connectivity index (χ1) is 9.69. The molecule has 0 radical (unpaired) electrons. The molecule has 0 fully saturated rings. The van der Waals surface area contributed by atoms with Gasteiger partial charge in [-0.15, -0.1) is 0 Å². The van der Waals surface area contributed by atoms with Gasteiger partial charge in [-0.25, -0.2) is 4.79 Å². The summed E-state index contributed by atoms with van der Waals surface area (Å²) in [6.45, 7) is 0. The third kappa shape index (κ3) is 4.03. The lowest BCUT2D eigenvalue weighted by molar-refractivity contribution is 0.0600. The van der Waals surface area contributed by atoms with E-state index in [1.165, 1.54) is 7.11 Å². The maximum Gasteiger partial charge on any atom is 0.337 e. The van der Waals surface area contributed by atoms with Gasteiger partial charge in [0.2, 0.25) is 0 Å². The highest BCUT2D eigenvalue weighted by atomic mass is 32.2. The molecule has 0 aliphatic heterocycles. The van der Waals surface area contributed by atoms with E-state index in [0.717, 1.165) is 11.1 Å². The van der Waals surface area contributed by atoms with Crippen LogP contribution in [0.3, 0.4) is 0 Å². The second kappa shape index (κ2) is 7.01. The van der Waals surface area contributed by atoms with Gasteiger partial charge in [-0.3, -0.25) is 4.21 Å². The number of hydrogen-bond acceptors (Lipinski definition) is 3. The molecular formula is C16H16O3S. The van der Waals surface area contributed by atoms with Crippen LogP contribution in [0.5, 0.6) is 0 Å². The van der Waals surface area contributed by atoms with Gasteiger partial charge in [-0.2, -0.15) is 0 Å². The number of methoxy groups -OCH3 is 1. The predicted molar refractivity (Wildman–Crippen MR) is 79.8 cm³/mol. The van der Waals surface area contributed by atoms with Crippen LogP contribution in [-0.4, -0.2) is 17.3 Å². The standard InChI is InChI=1S/C16H16O3S/c1-19-16(17)15-9-7-14(8-10-15)12-20(18)11-13-5-3-2-4-6-13/h2-10H,11-12H2,1H3. The number of carbonyl (C=O) groups is 1. The largest absolute Gasteiger partial charge is 0.465 e. The summed E-state index contributed by atoms with van der Waals surface area (Å²) in [6.07, 6.45) is 0. The maximum absolute atomic E-state index is 12.1. The Bertz CT molecular complexity index is 591. The zero-order valence-corrected chi connectivity index (χ0v) is 12.1. The number of esters is 1. The molecule has 0 saturated carbocycles. The van der Waals surface area contributed by atoms with Crippen molar-refractivity contribution in [3.05, 3.63) is 71.3 Å². The first-order valence-electron chi connectivity index (χ1n) is 6.25. The van der Waals surface area contributed by atoms with E-state index in [2.05, 4.69) is 4.74 Å². The molecule has 0 heterocycles. The zero-order valence-electron chi connectivity index (χ0n) is 11.2. The number of rotatable bonds is 5. The summed E-state index contributed by atoms with van der Waals surface area (Å²) >= 11 is 0. The summed E-state index contributed by atoms with van der Waals surface area (Å²) in [5.74, 6) is 0.664. The molecule has 0 aliphatic carbocycles. The van der Waals surface area contributed by atoms with E-state index in [1.54, 1.807) is 12.1 Å². The van der Waals surface area contributed by atoms with Crippen LogP contribution in [0.25, 0.3) is 0 Å². The van der Waals surface area contributed by atoms with Crippen LogP contribution < -0.4 is 0 Å². The second-order valence-electron chi connectivity index (χ2n) is 4.40. The third-order valence-electron chi connectivity index (χ3n) is 2.87. The van der Waals surface area contributed by atoms with Crippen LogP contribution in [0.4, 0.5) is 0 Å². The monoisotopic (exact) mass is 288 g/mol. The lowest BCUT2D eigenvalue weighted by Gasteiger charge is -2.04. The summed E-state index contributed by atoms with van der Waals surface area (Å²) in [7, 11) is 0.395. The molecule has 0 spiro atoms. The van der Waals surface area contributed by atoms with Gasteiger partial charge in [0.25, 0.3) is 0 Å². The van der Waals surface area contributed by atoms with Crippen LogP contribution in [0.1, 0.15) is 21.5 Å². The topological polar surface area (TPSA) is 43.4 Å². The summed E-state index contributed by atoms with van der Waals surface area (Å²) in [6, 6.07) is 16.8. The van der Waals surface area contributed by atoms with Gasteiger partial charge in [-0.05, 0) is 23.3 Å². The highest BCUT2D eigenvalue weighted by Gasteiger charge is 2.07. The molecule has 1 atom stereocenters.